The number of benzene rings is 2. The Bertz CT molecular complexity index is 1590. The maximum atomic E-state index is 15.0. The van der Waals surface area contributed by atoms with E-state index in [1.54, 1.807) is 42.5 Å². The van der Waals surface area contributed by atoms with Crippen molar-refractivity contribution in [3.05, 3.63) is 92.2 Å². The number of carbonyl (C=O) groups is 1. The SMILES string of the molecule is CC(C)(F)c1onc(-c2c(Cl)cccc2Cl)c1COc1ccc(C2(O)CCN(c3ccc(C(=O)O)cn3)C2)c(Cl)c1. The Labute approximate surface area is 250 Å². The first kappa shape index (κ1) is 29.1. The van der Waals surface area contributed by atoms with Crippen molar-refractivity contribution < 1.29 is 28.7 Å². The predicted octanol–water partition coefficient (Wildman–Crippen LogP) is 7.28. The number of halogens is 4. The molecule has 0 spiro atoms. The topological polar surface area (TPSA) is 109 Å². The molecular formula is C29H25Cl3FN3O5. The van der Waals surface area contributed by atoms with Crippen LogP contribution < -0.4 is 9.64 Å². The number of carboxylic acid groups (broad SMARTS) is 1. The molecule has 1 aliphatic heterocycles. The summed E-state index contributed by atoms with van der Waals surface area (Å²) in [5.74, 6) is -0.148. The van der Waals surface area contributed by atoms with E-state index in [4.69, 9.17) is 49.2 Å². The van der Waals surface area contributed by atoms with Gasteiger partial charge in [0.2, 0.25) is 0 Å². The van der Waals surface area contributed by atoms with E-state index < -0.39 is 17.2 Å². The molecule has 41 heavy (non-hydrogen) atoms. The monoisotopic (exact) mass is 619 g/mol. The van der Waals surface area contributed by atoms with E-state index in [-0.39, 0.29) is 35.2 Å². The summed E-state index contributed by atoms with van der Waals surface area (Å²) in [4.78, 5) is 17.2. The van der Waals surface area contributed by atoms with Crippen LogP contribution >= 0.6 is 34.8 Å². The summed E-state index contributed by atoms with van der Waals surface area (Å²) in [5, 5.41) is 25.6. The zero-order chi connectivity index (χ0) is 29.5. The lowest BCUT2D eigenvalue weighted by Gasteiger charge is -2.25. The van der Waals surface area contributed by atoms with Gasteiger partial charge < -0.3 is 24.4 Å². The predicted molar refractivity (Wildman–Crippen MR) is 154 cm³/mol. The van der Waals surface area contributed by atoms with Crippen molar-refractivity contribution in [1.82, 2.24) is 10.1 Å². The fraction of sp³-hybridized carbons (Fsp3) is 0.276. The third-order valence-electron chi connectivity index (χ3n) is 6.92. The molecule has 12 heteroatoms. The molecule has 214 valence electrons. The van der Waals surface area contributed by atoms with E-state index in [0.717, 1.165) is 0 Å². The van der Waals surface area contributed by atoms with Gasteiger partial charge in [0.15, 0.2) is 11.4 Å². The van der Waals surface area contributed by atoms with Gasteiger partial charge in [0.05, 0.1) is 32.7 Å². The lowest BCUT2D eigenvalue weighted by molar-refractivity contribution is 0.0606. The van der Waals surface area contributed by atoms with Crippen LogP contribution in [-0.2, 0) is 17.9 Å². The molecule has 0 aliphatic carbocycles. The van der Waals surface area contributed by atoms with Crippen LogP contribution in [0.3, 0.4) is 0 Å². The van der Waals surface area contributed by atoms with Crippen LogP contribution in [-0.4, -0.2) is 39.4 Å². The Morgan fingerprint density at radius 2 is 1.88 bits per heavy atom. The van der Waals surface area contributed by atoms with Crippen LogP contribution in [0.5, 0.6) is 5.75 Å². The van der Waals surface area contributed by atoms with Gasteiger partial charge in [-0.15, -0.1) is 0 Å². The van der Waals surface area contributed by atoms with Crippen molar-refractivity contribution >= 4 is 46.6 Å². The van der Waals surface area contributed by atoms with E-state index in [1.807, 2.05) is 4.90 Å². The molecule has 0 bridgehead atoms. The smallest absolute Gasteiger partial charge is 0.337 e. The van der Waals surface area contributed by atoms with Gasteiger partial charge >= 0.3 is 5.97 Å². The number of rotatable bonds is 8. The van der Waals surface area contributed by atoms with E-state index in [9.17, 15) is 9.90 Å². The van der Waals surface area contributed by atoms with Crippen molar-refractivity contribution in [2.45, 2.75) is 38.1 Å². The van der Waals surface area contributed by atoms with E-state index >= 15 is 4.39 Å². The van der Waals surface area contributed by atoms with Gasteiger partial charge in [-0.3, -0.25) is 0 Å². The van der Waals surface area contributed by atoms with Crippen molar-refractivity contribution in [3.63, 3.8) is 0 Å². The molecule has 0 amide bonds. The third kappa shape index (κ3) is 5.85. The molecule has 1 aliphatic rings. The van der Waals surface area contributed by atoms with Crippen LogP contribution in [0.4, 0.5) is 10.2 Å². The molecule has 0 radical (unpaired) electrons. The number of hydrogen-bond donors (Lipinski definition) is 2. The van der Waals surface area contributed by atoms with Crippen LogP contribution in [0.2, 0.25) is 15.1 Å². The number of anilines is 1. The molecule has 8 nitrogen and oxygen atoms in total. The normalized spacial score (nSPS) is 17.2. The molecule has 5 rings (SSSR count). The first-order valence-electron chi connectivity index (χ1n) is 12.6. The number of ether oxygens (including phenoxy) is 1. The first-order valence-corrected chi connectivity index (χ1v) is 13.7. The summed E-state index contributed by atoms with van der Waals surface area (Å²) in [6, 6.07) is 13.0. The minimum atomic E-state index is -1.86. The van der Waals surface area contributed by atoms with Crippen LogP contribution in [0.1, 0.15) is 47.5 Å². The number of carboxylic acids is 1. The molecule has 4 aromatic rings. The van der Waals surface area contributed by atoms with Crippen molar-refractivity contribution in [1.29, 1.82) is 0 Å². The van der Waals surface area contributed by atoms with E-state index in [0.29, 0.717) is 51.3 Å². The second kappa shape index (κ2) is 11.1. The highest BCUT2D eigenvalue weighted by Gasteiger charge is 2.40. The van der Waals surface area contributed by atoms with Gasteiger partial charge in [0.25, 0.3) is 0 Å². The van der Waals surface area contributed by atoms with E-state index in [2.05, 4.69) is 10.1 Å². The molecule has 1 saturated heterocycles. The average Bonchev–Trinajstić information content (AvgIpc) is 3.52. The number of hydrogen-bond acceptors (Lipinski definition) is 7. The fourth-order valence-corrected chi connectivity index (χ4v) is 5.78. The summed E-state index contributed by atoms with van der Waals surface area (Å²) in [6.07, 6.45) is 1.66. The number of alkyl halides is 1. The Morgan fingerprint density at radius 3 is 2.49 bits per heavy atom. The molecule has 3 heterocycles. The van der Waals surface area contributed by atoms with Gasteiger partial charge in [-0.1, -0.05) is 52.1 Å². The van der Waals surface area contributed by atoms with Gasteiger partial charge in [-0.25, -0.2) is 14.2 Å². The maximum Gasteiger partial charge on any atom is 0.337 e. The standard InChI is InChI=1S/C29H25Cl3FN3O5/c1-28(2,33)26-18(25(35-41-26)24-20(30)4-3-5-21(24)31)14-40-17-7-8-19(22(32)12-17)29(39)10-11-36(15-29)23-9-6-16(13-34-23)27(37)38/h3-9,12-13,39H,10-11,14-15H2,1-2H3,(H,37,38). The molecule has 2 aromatic carbocycles. The molecule has 1 unspecified atom stereocenters. The van der Waals surface area contributed by atoms with E-state index in [1.165, 1.54) is 26.1 Å². The summed E-state index contributed by atoms with van der Waals surface area (Å²) in [7, 11) is 0. The largest absolute Gasteiger partial charge is 0.489 e. The van der Waals surface area contributed by atoms with Crippen LogP contribution in [0.25, 0.3) is 11.3 Å². The first-order chi connectivity index (χ1) is 19.4. The minimum Gasteiger partial charge on any atom is -0.489 e. The molecule has 2 aromatic heterocycles. The number of nitrogens with zero attached hydrogens (tertiary/aromatic N) is 3. The Morgan fingerprint density at radius 1 is 1.15 bits per heavy atom. The second-order valence-electron chi connectivity index (χ2n) is 10.3. The second-order valence-corrected chi connectivity index (χ2v) is 11.5. The summed E-state index contributed by atoms with van der Waals surface area (Å²) < 4.78 is 26.4. The maximum absolute atomic E-state index is 15.0. The lowest BCUT2D eigenvalue weighted by Crippen LogP contribution is -2.31. The highest BCUT2D eigenvalue weighted by molar-refractivity contribution is 6.39. The Kier molecular flexibility index (Phi) is 7.91. The van der Waals surface area contributed by atoms with Crippen molar-refractivity contribution in [3.8, 4) is 17.0 Å². The van der Waals surface area contributed by atoms with Gasteiger partial charge in [0.1, 0.15) is 29.5 Å². The molecule has 1 atom stereocenters. The quantitative estimate of drug-likeness (QED) is 0.212. The van der Waals surface area contributed by atoms with Crippen LogP contribution in [0, 0.1) is 0 Å². The molecule has 2 N–H and O–H groups in total. The van der Waals surface area contributed by atoms with Gasteiger partial charge in [-0.05, 0) is 56.7 Å². The number of aromatic nitrogens is 2. The summed E-state index contributed by atoms with van der Waals surface area (Å²) in [6.45, 7) is 3.29. The average molecular weight is 621 g/mol. The number of aromatic carboxylic acids is 1. The molecule has 0 saturated carbocycles. The molecule has 1 fully saturated rings. The summed E-state index contributed by atoms with van der Waals surface area (Å²) >= 11 is 19.4. The number of aliphatic hydroxyl groups is 1. The zero-order valence-electron chi connectivity index (χ0n) is 22.0. The number of β-amino-alcohol motifs (C(OH)–C–C–N with tert-alkyl or cyclic N) is 1. The lowest BCUT2D eigenvalue weighted by atomic mass is 9.93. The minimum absolute atomic E-state index is 0.0171. The van der Waals surface area contributed by atoms with Gasteiger partial charge in [0, 0.05) is 23.9 Å². The Hall–Kier alpha value is -3.37. The third-order valence-corrected chi connectivity index (χ3v) is 7.86. The highest BCUT2D eigenvalue weighted by atomic mass is 35.5. The summed E-state index contributed by atoms with van der Waals surface area (Å²) in [5.41, 5.74) is -1.51. The fourth-order valence-electron chi connectivity index (χ4n) is 4.86. The Balaban J connectivity index is 1.36. The molecular weight excluding hydrogens is 596 g/mol. The van der Waals surface area contributed by atoms with Crippen molar-refractivity contribution in [2.75, 3.05) is 18.0 Å². The van der Waals surface area contributed by atoms with Gasteiger partial charge in [-0.2, -0.15) is 0 Å². The van der Waals surface area contributed by atoms with Crippen LogP contribution in [0.15, 0.2) is 59.3 Å². The van der Waals surface area contributed by atoms with Crippen molar-refractivity contribution in [2.24, 2.45) is 0 Å². The number of pyridine rings is 1. The highest BCUT2D eigenvalue weighted by Crippen LogP contribution is 2.42. The zero-order valence-corrected chi connectivity index (χ0v) is 24.3.